The number of urea groups is 1. The molecule has 1 aromatic heterocycles. The highest BCUT2D eigenvalue weighted by Crippen LogP contribution is 2.53. The summed E-state index contributed by atoms with van der Waals surface area (Å²) in [6.45, 7) is -0.468. The SMILES string of the molecule is CSF.O=C1N(C(c2ccc(-c3ccc(F)cc3)cc2F)C(F)(F)F)C(=O)C2(CC2)N1Cc1nnc(-c2ccc(F)c(O)c2F)s1. The van der Waals surface area contributed by atoms with Crippen molar-refractivity contribution in [1.82, 2.24) is 20.0 Å². The molecule has 2 aliphatic rings. The van der Waals surface area contributed by atoms with Gasteiger partial charge in [-0.05, 0) is 54.3 Å². The first-order chi connectivity index (χ1) is 21.7. The fraction of sp³-hybridized carbons (Fsp3) is 0.241. The Kier molecular flexibility index (Phi) is 9.01. The fourth-order valence-electron chi connectivity index (χ4n) is 5.09. The molecular formula is C29H20F8N4O3S2. The quantitative estimate of drug-likeness (QED) is 0.163. The van der Waals surface area contributed by atoms with Gasteiger partial charge in [0, 0.05) is 24.0 Å². The van der Waals surface area contributed by atoms with Crippen LogP contribution >= 0.6 is 23.5 Å². The van der Waals surface area contributed by atoms with Gasteiger partial charge >= 0.3 is 12.2 Å². The van der Waals surface area contributed by atoms with E-state index in [1.165, 1.54) is 24.5 Å². The van der Waals surface area contributed by atoms with E-state index in [9.17, 15) is 44.9 Å². The largest absolute Gasteiger partial charge is 0.503 e. The summed E-state index contributed by atoms with van der Waals surface area (Å²) in [5, 5.41) is 17.1. The number of hydrogen-bond acceptors (Lipinski definition) is 7. The number of aromatic nitrogens is 2. The second-order valence-electron chi connectivity index (χ2n) is 10.2. The first-order valence-electron chi connectivity index (χ1n) is 13.1. The Morgan fingerprint density at radius 1 is 0.957 bits per heavy atom. The topological polar surface area (TPSA) is 86.6 Å². The lowest BCUT2D eigenvalue weighted by Gasteiger charge is -2.29. The second kappa shape index (κ2) is 12.5. The van der Waals surface area contributed by atoms with Gasteiger partial charge in [-0.2, -0.15) is 17.1 Å². The van der Waals surface area contributed by atoms with Gasteiger partial charge in [-0.25, -0.2) is 27.3 Å². The summed E-state index contributed by atoms with van der Waals surface area (Å²) in [5.41, 5.74) is -2.37. The Bertz CT molecular complexity index is 1800. The monoisotopic (exact) mass is 688 g/mol. The van der Waals surface area contributed by atoms with Crippen LogP contribution in [-0.2, 0) is 11.3 Å². The molecule has 46 heavy (non-hydrogen) atoms. The highest BCUT2D eigenvalue weighted by molar-refractivity contribution is 7.93. The van der Waals surface area contributed by atoms with Crippen LogP contribution in [0.3, 0.4) is 0 Å². The number of nitrogens with zero attached hydrogens (tertiary/aromatic N) is 4. The fourth-order valence-corrected chi connectivity index (χ4v) is 5.94. The van der Waals surface area contributed by atoms with Crippen molar-refractivity contribution in [2.75, 3.05) is 6.26 Å². The summed E-state index contributed by atoms with van der Waals surface area (Å²) in [6.07, 6.45) is -3.78. The third-order valence-corrected chi connectivity index (χ3v) is 8.33. The molecule has 0 radical (unpaired) electrons. The van der Waals surface area contributed by atoms with E-state index in [0.717, 1.165) is 52.6 Å². The second-order valence-corrected chi connectivity index (χ2v) is 11.5. The zero-order chi connectivity index (χ0) is 33.6. The van der Waals surface area contributed by atoms with Crippen LogP contribution < -0.4 is 0 Å². The molecule has 2 fully saturated rings. The van der Waals surface area contributed by atoms with Gasteiger partial charge in [0.2, 0.25) is 0 Å². The number of phenols is 1. The predicted molar refractivity (Wildman–Crippen MR) is 152 cm³/mol. The molecule has 3 aromatic carbocycles. The highest BCUT2D eigenvalue weighted by atomic mass is 32.2. The highest BCUT2D eigenvalue weighted by Gasteiger charge is 2.68. The maximum absolute atomic E-state index is 15.3. The molecule has 6 rings (SSSR count). The molecule has 1 aliphatic heterocycles. The predicted octanol–water partition coefficient (Wildman–Crippen LogP) is 7.97. The lowest BCUT2D eigenvalue weighted by Crippen LogP contribution is -2.43. The molecule has 1 unspecified atom stereocenters. The van der Waals surface area contributed by atoms with Crippen molar-refractivity contribution in [1.29, 1.82) is 0 Å². The summed E-state index contributed by atoms with van der Waals surface area (Å²) < 4.78 is 110. The molecule has 2 heterocycles. The Balaban J connectivity index is 0.00000134. The standard InChI is InChI=1S/C28H17F7N4O3S.CH3FS/c29-15-4-1-13(2-5-15)14-3-6-16(19(31)11-14)23(28(33,34)35)39-25(41)27(9-10-27)38(26(39)42)12-20-36-37-24(43-20)17-7-8-18(30)22(40)21(17)32;1-3-2/h1-8,11,23,40H,9-10,12H2;1H3. The van der Waals surface area contributed by atoms with Crippen LogP contribution in [0.15, 0.2) is 54.6 Å². The molecule has 1 N–H and O–H groups in total. The number of benzene rings is 3. The molecule has 3 amide bonds. The van der Waals surface area contributed by atoms with Crippen LogP contribution in [0, 0.1) is 23.3 Å². The zero-order valence-corrected chi connectivity index (χ0v) is 24.9. The van der Waals surface area contributed by atoms with E-state index in [4.69, 9.17) is 0 Å². The average Bonchev–Trinajstić information content (AvgIpc) is 3.63. The van der Waals surface area contributed by atoms with E-state index in [0.29, 0.717) is 5.56 Å². The lowest BCUT2D eigenvalue weighted by molar-refractivity contribution is -0.183. The van der Waals surface area contributed by atoms with Crippen molar-refractivity contribution in [3.63, 3.8) is 0 Å². The van der Waals surface area contributed by atoms with Crippen LogP contribution in [0.4, 0.5) is 39.4 Å². The summed E-state index contributed by atoms with van der Waals surface area (Å²) >= 11 is 0.973. The smallest absolute Gasteiger partial charge is 0.413 e. The maximum atomic E-state index is 15.3. The van der Waals surface area contributed by atoms with E-state index in [2.05, 4.69) is 10.2 Å². The van der Waals surface area contributed by atoms with Crippen molar-refractivity contribution in [3.05, 3.63) is 88.4 Å². The van der Waals surface area contributed by atoms with Crippen LogP contribution in [0.1, 0.15) is 29.5 Å². The Morgan fingerprint density at radius 2 is 1.59 bits per heavy atom. The molecular weight excluding hydrogens is 668 g/mol. The number of aromatic hydroxyl groups is 1. The molecule has 1 aliphatic carbocycles. The first-order valence-corrected chi connectivity index (χ1v) is 15.1. The molecule has 7 nitrogen and oxygen atoms in total. The number of carbonyl (C=O) groups is 2. The van der Waals surface area contributed by atoms with Crippen LogP contribution in [0.25, 0.3) is 21.7 Å². The van der Waals surface area contributed by atoms with E-state index in [1.54, 1.807) is 0 Å². The number of halogens is 8. The van der Waals surface area contributed by atoms with Gasteiger partial charge in [0.1, 0.15) is 22.2 Å². The molecule has 0 bridgehead atoms. The third-order valence-electron chi connectivity index (χ3n) is 7.39. The minimum Gasteiger partial charge on any atom is -0.503 e. The molecule has 17 heteroatoms. The minimum atomic E-state index is -5.26. The molecule has 4 aromatic rings. The van der Waals surface area contributed by atoms with E-state index >= 15 is 4.39 Å². The molecule has 1 saturated carbocycles. The van der Waals surface area contributed by atoms with Crippen molar-refractivity contribution < 1.29 is 49.3 Å². The summed E-state index contributed by atoms with van der Waals surface area (Å²) in [6, 6.07) is 5.20. The van der Waals surface area contributed by atoms with Gasteiger partial charge in [0.05, 0.1) is 12.1 Å². The summed E-state index contributed by atoms with van der Waals surface area (Å²) in [4.78, 5) is 27.8. The van der Waals surface area contributed by atoms with Gasteiger partial charge < -0.3 is 10.0 Å². The van der Waals surface area contributed by atoms with Crippen LogP contribution in [0.5, 0.6) is 5.75 Å². The van der Waals surface area contributed by atoms with Crippen molar-refractivity contribution in [3.8, 4) is 27.4 Å². The van der Waals surface area contributed by atoms with Gasteiger partial charge in [-0.1, -0.05) is 35.6 Å². The van der Waals surface area contributed by atoms with E-state index < -0.39 is 70.8 Å². The molecule has 1 saturated heterocycles. The van der Waals surface area contributed by atoms with Crippen molar-refractivity contribution >= 4 is 35.4 Å². The number of carbonyl (C=O) groups excluding carboxylic acids is 2. The van der Waals surface area contributed by atoms with Gasteiger partial charge in [-0.15, -0.1) is 10.2 Å². The third kappa shape index (κ3) is 6.00. The summed E-state index contributed by atoms with van der Waals surface area (Å²) in [5.74, 6) is -6.79. The molecule has 1 atom stereocenters. The number of hydrogen-bond donors (Lipinski definition) is 1. The van der Waals surface area contributed by atoms with Crippen LogP contribution in [-0.4, -0.2) is 55.0 Å². The zero-order valence-electron chi connectivity index (χ0n) is 23.3. The Morgan fingerprint density at radius 3 is 2.17 bits per heavy atom. The molecule has 242 valence electrons. The maximum Gasteiger partial charge on any atom is 0.413 e. The Hall–Kier alpha value is -4.25. The number of rotatable bonds is 6. The van der Waals surface area contributed by atoms with Crippen molar-refractivity contribution in [2.24, 2.45) is 0 Å². The average molecular weight is 689 g/mol. The lowest BCUT2D eigenvalue weighted by atomic mass is 9.98. The van der Waals surface area contributed by atoms with E-state index in [1.807, 2.05) is 0 Å². The number of amides is 3. The van der Waals surface area contributed by atoms with Crippen molar-refractivity contribution in [2.45, 2.75) is 37.1 Å². The number of phenolic OH excluding ortho intramolecular Hbond substituents is 1. The van der Waals surface area contributed by atoms with E-state index in [-0.39, 0.29) is 51.0 Å². The van der Waals surface area contributed by atoms with Gasteiger partial charge in [0.15, 0.2) is 28.4 Å². The Labute approximate surface area is 263 Å². The van der Waals surface area contributed by atoms with Gasteiger partial charge in [-0.3, -0.25) is 4.79 Å². The first kappa shape index (κ1) is 33.1. The summed E-state index contributed by atoms with van der Waals surface area (Å²) in [7, 11) is 0. The number of imide groups is 1. The van der Waals surface area contributed by atoms with Crippen LogP contribution in [0.2, 0.25) is 0 Å². The normalized spacial score (nSPS) is 16.1. The molecule has 1 spiro atoms. The minimum absolute atomic E-state index is 0.00258. The number of alkyl halides is 3. The van der Waals surface area contributed by atoms with Gasteiger partial charge in [0.25, 0.3) is 5.91 Å².